The highest BCUT2D eigenvalue weighted by Gasteiger charge is 2.28. The van der Waals surface area contributed by atoms with E-state index in [2.05, 4.69) is 14.7 Å². The first-order valence-electron chi connectivity index (χ1n) is 2.87. The molecule has 1 aliphatic heterocycles. The molecule has 7 nitrogen and oxygen atoms in total. The van der Waals surface area contributed by atoms with Crippen molar-refractivity contribution < 1.29 is 13.8 Å². The molecule has 66 valence electrons. The Bertz CT molecular complexity index is 352. The molecule has 0 aromatic carbocycles. The average molecular weight is 190 g/mol. The van der Waals surface area contributed by atoms with Gasteiger partial charge in [-0.05, 0) is 0 Å². The maximum atomic E-state index is 11.0. The van der Waals surface area contributed by atoms with Gasteiger partial charge in [-0.2, -0.15) is 0 Å². The number of imide groups is 1. The van der Waals surface area contributed by atoms with Gasteiger partial charge < -0.3 is 0 Å². The van der Waals surface area contributed by atoms with Gasteiger partial charge in [0.15, 0.2) is 0 Å². The van der Waals surface area contributed by atoms with Crippen molar-refractivity contribution in [2.45, 2.75) is 0 Å². The van der Waals surface area contributed by atoms with Crippen molar-refractivity contribution in [1.82, 2.24) is 5.01 Å². The number of nitrogens with zero attached hydrogens (tertiary/aromatic N) is 4. The molecular weight excluding hydrogens is 184 g/mol. The minimum absolute atomic E-state index is 0.391. The fraction of sp³-hybridized carbons (Fsp3) is 0.500. The molecule has 0 saturated heterocycles. The van der Waals surface area contributed by atoms with Gasteiger partial charge in [-0.25, -0.2) is 13.8 Å². The third kappa shape index (κ3) is 1.84. The van der Waals surface area contributed by atoms with Gasteiger partial charge in [0.05, 0.1) is 9.73 Å². The van der Waals surface area contributed by atoms with Crippen LogP contribution in [0.5, 0.6) is 0 Å². The number of amides is 4. The summed E-state index contributed by atoms with van der Waals surface area (Å²) in [6, 6.07) is -1.81. The number of hydrogen-bond acceptors (Lipinski definition) is 4. The summed E-state index contributed by atoms with van der Waals surface area (Å²) in [5.74, 6) is 0. The van der Waals surface area contributed by atoms with Gasteiger partial charge in [-0.3, -0.25) is 0 Å². The van der Waals surface area contributed by atoms with Crippen LogP contribution in [0.4, 0.5) is 9.59 Å². The predicted molar refractivity (Wildman–Crippen MR) is 39.9 cm³/mol. The molecule has 0 fully saturated rings. The van der Waals surface area contributed by atoms with Crippen LogP contribution in [-0.4, -0.2) is 33.8 Å². The molecule has 4 amide bonds. The number of azo groups is 1. The van der Waals surface area contributed by atoms with E-state index in [9.17, 15) is 13.8 Å². The van der Waals surface area contributed by atoms with Crippen molar-refractivity contribution in [3.8, 4) is 0 Å². The first-order valence-corrected chi connectivity index (χ1v) is 5.20. The monoisotopic (exact) mass is 190 g/mol. The second-order valence-electron chi connectivity index (χ2n) is 2.34. The molecule has 12 heavy (non-hydrogen) atoms. The second-order valence-corrected chi connectivity index (χ2v) is 4.87. The Morgan fingerprint density at radius 1 is 1.25 bits per heavy atom. The van der Waals surface area contributed by atoms with Crippen molar-refractivity contribution in [2.75, 3.05) is 12.5 Å². The van der Waals surface area contributed by atoms with Crippen molar-refractivity contribution >= 4 is 21.8 Å². The highest BCUT2D eigenvalue weighted by molar-refractivity contribution is 7.92. The van der Waals surface area contributed by atoms with E-state index in [0.29, 0.717) is 5.01 Å². The van der Waals surface area contributed by atoms with Gasteiger partial charge in [0.2, 0.25) is 0 Å². The highest BCUT2D eigenvalue weighted by Crippen LogP contribution is 2.08. The quantitative estimate of drug-likeness (QED) is 0.607. The van der Waals surface area contributed by atoms with Crippen LogP contribution in [0, 0.1) is 0 Å². The first kappa shape index (κ1) is 8.78. The van der Waals surface area contributed by atoms with E-state index in [1.165, 1.54) is 12.5 Å². The molecule has 0 aromatic rings. The van der Waals surface area contributed by atoms with Crippen LogP contribution < -0.4 is 0 Å². The smallest absolute Gasteiger partial charge is 0.248 e. The molecule has 0 unspecified atom stereocenters. The van der Waals surface area contributed by atoms with Gasteiger partial charge in [-0.1, -0.05) is 10.2 Å². The zero-order valence-corrected chi connectivity index (χ0v) is 7.24. The lowest BCUT2D eigenvalue weighted by Gasteiger charge is -2.02. The van der Waals surface area contributed by atoms with Gasteiger partial charge in [0.1, 0.15) is 0 Å². The second kappa shape index (κ2) is 2.63. The number of hydrogen-bond donors (Lipinski definition) is 0. The summed E-state index contributed by atoms with van der Waals surface area (Å²) in [7, 11) is -2.53. The van der Waals surface area contributed by atoms with Crippen LogP contribution in [0.1, 0.15) is 0 Å². The molecule has 0 N–H and O–H groups in total. The van der Waals surface area contributed by atoms with Gasteiger partial charge in [-0.15, -0.1) is 9.48 Å². The maximum Gasteiger partial charge on any atom is 0.392 e. The minimum atomic E-state index is -2.53. The van der Waals surface area contributed by atoms with Crippen LogP contribution in [0.3, 0.4) is 0 Å². The molecule has 8 heteroatoms. The largest absolute Gasteiger partial charge is 0.392 e. The first-order chi connectivity index (χ1) is 5.40. The normalized spacial score (nSPS) is 17.3. The molecule has 1 aliphatic rings. The highest BCUT2D eigenvalue weighted by atomic mass is 32.2. The van der Waals surface area contributed by atoms with Gasteiger partial charge >= 0.3 is 12.1 Å². The minimum Gasteiger partial charge on any atom is -0.248 e. The van der Waals surface area contributed by atoms with E-state index in [1.807, 2.05) is 0 Å². The molecular formula is C4H6N4O3S. The molecule has 0 spiro atoms. The third-order valence-electron chi connectivity index (χ3n) is 0.862. The average Bonchev–Trinajstić information content (AvgIpc) is 2.16. The SMILES string of the molecule is CS(C)(=O)=NN1C(=O)N=NC1=O. The van der Waals surface area contributed by atoms with Crippen LogP contribution in [0.15, 0.2) is 14.7 Å². The molecule has 0 aromatic heterocycles. The predicted octanol–water partition coefficient (Wildman–Crippen LogP) is 0.637. The topological polar surface area (TPSA) is 91.5 Å². The van der Waals surface area contributed by atoms with Gasteiger partial charge in [0, 0.05) is 12.5 Å². The summed E-state index contributed by atoms with van der Waals surface area (Å²) >= 11 is 0. The molecule has 0 saturated carbocycles. The van der Waals surface area contributed by atoms with Crippen molar-refractivity contribution in [3.05, 3.63) is 0 Å². The fourth-order valence-corrected chi connectivity index (χ4v) is 1.05. The summed E-state index contributed by atoms with van der Waals surface area (Å²) in [6.07, 6.45) is 2.60. The van der Waals surface area contributed by atoms with Crippen molar-refractivity contribution in [3.63, 3.8) is 0 Å². The zero-order valence-electron chi connectivity index (χ0n) is 6.42. The van der Waals surface area contributed by atoms with Crippen molar-refractivity contribution in [2.24, 2.45) is 14.7 Å². The standard InChI is InChI=1S/C4H6N4O3S/c1-12(2,11)7-8-3(9)5-6-4(8)10/h1-2H3. The van der Waals surface area contributed by atoms with Crippen LogP contribution in [0.25, 0.3) is 0 Å². The summed E-state index contributed by atoms with van der Waals surface area (Å²) in [6.45, 7) is 0. The number of carbonyl (C=O) groups is 2. The zero-order chi connectivity index (χ0) is 9.35. The van der Waals surface area contributed by atoms with Crippen LogP contribution >= 0.6 is 0 Å². The van der Waals surface area contributed by atoms with E-state index in [1.54, 1.807) is 0 Å². The Morgan fingerprint density at radius 3 is 2.00 bits per heavy atom. The summed E-state index contributed by atoms with van der Waals surface area (Å²) in [5.41, 5.74) is 0. The Hall–Kier alpha value is -1.31. The molecule has 0 radical (unpaired) electrons. The molecule has 0 bridgehead atoms. The van der Waals surface area contributed by atoms with Crippen LogP contribution in [0.2, 0.25) is 0 Å². The Balaban J connectivity index is 3.01. The Morgan fingerprint density at radius 2 is 1.67 bits per heavy atom. The van der Waals surface area contributed by atoms with E-state index in [-0.39, 0.29) is 0 Å². The number of rotatable bonds is 1. The van der Waals surface area contributed by atoms with E-state index in [0.717, 1.165) is 0 Å². The van der Waals surface area contributed by atoms with Crippen molar-refractivity contribution in [1.29, 1.82) is 0 Å². The van der Waals surface area contributed by atoms with E-state index in [4.69, 9.17) is 0 Å². The van der Waals surface area contributed by atoms with Gasteiger partial charge in [0.25, 0.3) is 0 Å². The summed E-state index contributed by atoms with van der Waals surface area (Å²) in [4.78, 5) is 21.4. The Kier molecular flexibility index (Phi) is 1.92. The lowest BCUT2D eigenvalue weighted by molar-refractivity contribution is 0.208. The lowest BCUT2D eigenvalue weighted by Crippen LogP contribution is -2.23. The summed E-state index contributed by atoms with van der Waals surface area (Å²) < 4.78 is 14.4. The maximum absolute atomic E-state index is 11.0. The third-order valence-corrected chi connectivity index (χ3v) is 1.42. The molecule has 1 rings (SSSR count). The molecule has 0 atom stereocenters. The van der Waals surface area contributed by atoms with Crippen LogP contribution in [-0.2, 0) is 9.73 Å². The van der Waals surface area contributed by atoms with E-state index < -0.39 is 21.8 Å². The molecule has 1 heterocycles. The lowest BCUT2D eigenvalue weighted by atomic mass is 10.9. The fourth-order valence-electron chi connectivity index (χ4n) is 0.519. The number of carbonyl (C=O) groups excluding carboxylic acids is 2. The summed E-state index contributed by atoms with van der Waals surface area (Å²) in [5, 5.41) is 6.24. The van der Waals surface area contributed by atoms with E-state index >= 15 is 0 Å². The molecule has 0 aliphatic carbocycles. The number of urea groups is 2. The Labute approximate surface area is 68.6 Å².